The Morgan fingerprint density at radius 2 is 1.37 bits per heavy atom. The lowest BCUT2D eigenvalue weighted by Crippen LogP contribution is -2.16. The second-order valence-corrected chi connectivity index (χ2v) is 3.80. The predicted octanol–water partition coefficient (Wildman–Crippen LogP) is 0.977. The Bertz CT molecular complexity index is 394. The molecule has 0 aromatic heterocycles. The van der Waals surface area contributed by atoms with Gasteiger partial charge in [-0.3, -0.25) is 9.59 Å². The van der Waals surface area contributed by atoms with Gasteiger partial charge in [0.25, 0.3) is 0 Å². The zero-order valence-electron chi connectivity index (χ0n) is 11.4. The molecule has 0 aromatic rings. The summed E-state index contributed by atoms with van der Waals surface area (Å²) in [6.07, 6.45) is 1.48. The Kier molecular flexibility index (Phi) is 8.08. The van der Waals surface area contributed by atoms with Gasteiger partial charge in [-0.25, -0.2) is 9.59 Å². The summed E-state index contributed by atoms with van der Waals surface area (Å²) < 4.78 is 9.30. The first-order valence-corrected chi connectivity index (χ1v) is 5.96. The van der Waals surface area contributed by atoms with Crippen LogP contribution in [0.25, 0.3) is 0 Å². The van der Waals surface area contributed by atoms with Crippen LogP contribution >= 0.6 is 0 Å². The number of ether oxygens (including phenoxy) is 2. The van der Waals surface area contributed by atoms with E-state index in [1.54, 1.807) is 13.8 Å². The van der Waals surface area contributed by atoms with E-state index in [2.05, 4.69) is 9.47 Å². The van der Waals surface area contributed by atoms with Crippen molar-refractivity contribution >= 4 is 23.5 Å². The van der Waals surface area contributed by atoms with Crippen molar-refractivity contribution in [2.75, 3.05) is 13.2 Å². The molecular weight excluding hydrogens is 252 g/mol. The van der Waals surface area contributed by atoms with Crippen molar-refractivity contribution < 1.29 is 28.7 Å². The fourth-order valence-corrected chi connectivity index (χ4v) is 0.893. The Labute approximate surface area is 111 Å². The largest absolute Gasteiger partial charge is 0.455 e. The number of carbonyl (C=O) groups excluding carboxylic acids is 4. The van der Waals surface area contributed by atoms with E-state index in [-0.39, 0.29) is 43.2 Å². The molecule has 0 saturated carbocycles. The van der Waals surface area contributed by atoms with Crippen molar-refractivity contribution in [3.8, 4) is 0 Å². The zero-order valence-corrected chi connectivity index (χ0v) is 11.4. The summed E-state index contributed by atoms with van der Waals surface area (Å²) in [7, 11) is 0. The Hall–Kier alpha value is -1.98. The molecule has 0 saturated heterocycles. The lowest BCUT2D eigenvalue weighted by atomic mass is 10.3. The van der Waals surface area contributed by atoms with Crippen molar-refractivity contribution in [3.05, 3.63) is 11.6 Å². The minimum Gasteiger partial charge on any atom is -0.455 e. The number of carbonyl (C=O) groups is 4. The standard InChI is InChI=1S/C13H18O6/c1-4-10(14)7-18-12(16)6-9(3)13(17)19-8-11(15)5-2/h6H,4-5,7-8H2,1-3H3/b9-6-. The molecule has 6 heteroatoms. The summed E-state index contributed by atoms with van der Waals surface area (Å²) in [5, 5.41) is 0. The van der Waals surface area contributed by atoms with Gasteiger partial charge in [-0.2, -0.15) is 0 Å². The van der Waals surface area contributed by atoms with Crippen molar-refractivity contribution in [1.82, 2.24) is 0 Å². The highest BCUT2D eigenvalue weighted by molar-refractivity contribution is 5.97. The molecule has 0 fully saturated rings. The molecule has 0 heterocycles. The molecule has 0 aromatic carbocycles. The van der Waals surface area contributed by atoms with Crippen LogP contribution in [0.1, 0.15) is 33.6 Å². The molecule has 0 aliphatic carbocycles. The Balaban J connectivity index is 4.23. The molecule has 106 valence electrons. The SMILES string of the molecule is CCC(=O)COC(=O)/C=C(/C)C(=O)OCC(=O)CC. The fourth-order valence-electron chi connectivity index (χ4n) is 0.893. The van der Waals surface area contributed by atoms with Gasteiger partial charge < -0.3 is 9.47 Å². The first-order chi connectivity index (χ1) is 8.90. The van der Waals surface area contributed by atoms with Gasteiger partial charge in [0.15, 0.2) is 11.6 Å². The smallest absolute Gasteiger partial charge is 0.334 e. The van der Waals surface area contributed by atoms with Crippen LogP contribution in [0, 0.1) is 0 Å². The lowest BCUT2D eigenvalue weighted by Gasteiger charge is -2.03. The molecule has 0 rings (SSSR count). The number of Topliss-reactive ketones (excluding diaryl/α,β-unsaturated/α-hetero) is 2. The van der Waals surface area contributed by atoms with Gasteiger partial charge in [0, 0.05) is 24.5 Å². The molecule has 0 aliphatic rings. The number of esters is 2. The number of hydrogen-bond acceptors (Lipinski definition) is 6. The molecule has 0 N–H and O–H groups in total. The average Bonchev–Trinajstić information content (AvgIpc) is 2.41. The maximum absolute atomic E-state index is 11.4. The molecule has 0 aliphatic heterocycles. The van der Waals surface area contributed by atoms with Crippen LogP contribution in [0.3, 0.4) is 0 Å². The summed E-state index contributed by atoms with van der Waals surface area (Å²) in [6.45, 7) is 4.04. The van der Waals surface area contributed by atoms with Gasteiger partial charge in [-0.05, 0) is 6.92 Å². The topological polar surface area (TPSA) is 86.7 Å². The molecule has 0 atom stereocenters. The number of hydrogen-bond donors (Lipinski definition) is 0. The monoisotopic (exact) mass is 270 g/mol. The van der Waals surface area contributed by atoms with E-state index in [9.17, 15) is 19.2 Å². The van der Waals surface area contributed by atoms with E-state index in [1.165, 1.54) is 6.92 Å². The molecule has 0 spiro atoms. The van der Waals surface area contributed by atoms with Crippen LogP contribution in [0.5, 0.6) is 0 Å². The van der Waals surface area contributed by atoms with Gasteiger partial charge >= 0.3 is 11.9 Å². The van der Waals surface area contributed by atoms with Crippen LogP contribution in [-0.2, 0) is 28.7 Å². The molecule has 0 radical (unpaired) electrons. The summed E-state index contributed by atoms with van der Waals surface area (Å²) in [4.78, 5) is 44.5. The van der Waals surface area contributed by atoms with Crippen molar-refractivity contribution in [1.29, 1.82) is 0 Å². The maximum Gasteiger partial charge on any atom is 0.334 e. The van der Waals surface area contributed by atoms with Crippen LogP contribution in [0.2, 0.25) is 0 Å². The van der Waals surface area contributed by atoms with Crippen LogP contribution in [-0.4, -0.2) is 36.7 Å². The third-order valence-electron chi connectivity index (χ3n) is 2.18. The van der Waals surface area contributed by atoms with Crippen LogP contribution in [0.15, 0.2) is 11.6 Å². The minimum atomic E-state index is -0.793. The van der Waals surface area contributed by atoms with Gasteiger partial charge in [0.1, 0.15) is 13.2 Å². The summed E-state index contributed by atoms with van der Waals surface area (Å²) in [6, 6.07) is 0. The lowest BCUT2D eigenvalue weighted by molar-refractivity contribution is -0.145. The number of rotatable bonds is 8. The minimum absolute atomic E-state index is 0.0119. The Morgan fingerprint density at radius 1 is 0.895 bits per heavy atom. The van der Waals surface area contributed by atoms with E-state index in [4.69, 9.17) is 0 Å². The summed E-state index contributed by atoms with van der Waals surface area (Å²) in [5.74, 6) is -1.98. The molecular formula is C13H18O6. The van der Waals surface area contributed by atoms with Gasteiger partial charge in [0.2, 0.25) is 0 Å². The maximum atomic E-state index is 11.4. The van der Waals surface area contributed by atoms with E-state index in [0.29, 0.717) is 0 Å². The van der Waals surface area contributed by atoms with E-state index in [0.717, 1.165) is 6.08 Å². The first kappa shape index (κ1) is 17.0. The van der Waals surface area contributed by atoms with Crippen molar-refractivity contribution in [3.63, 3.8) is 0 Å². The highest BCUT2D eigenvalue weighted by Gasteiger charge is 2.11. The third kappa shape index (κ3) is 7.86. The Morgan fingerprint density at radius 3 is 1.84 bits per heavy atom. The second-order valence-electron chi connectivity index (χ2n) is 3.80. The van der Waals surface area contributed by atoms with Crippen LogP contribution in [0.4, 0.5) is 0 Å². The second kappa shape index (κ2) is 9.02. The molecule has 0 unspecified atom stereocenters. The molecule has 0 amide bonds. The van der Waals surface area contributed by atoms with E-state index >= 15 is 0 Å². The molecule has 0 bridgehead atoms. The molecule has 6 nitrogen and oxygen atoms in total. The summed E-state index contributed by atoms with van der Waals surface area (Å²) in [5.41, 5.74) is 0.0119. The quantitative estimate of drug-likeness (QED) is 0.482. The normalized spacial score (nSPS) is 10.8. The third-order valence-corrected chi connectivity index (χ3v) is 2.18. The highest BCUT2D eigenvalue weighted by atomic mass is 16.5. The van der Waals surface area contributed by atoms with Gasteiger partial charge in [0.05, 0.1) is 0 Å². The van der Waals surface area contributed by atoms with E-state index in [1.807, 2.05) is 0 Å². The first-order valence-electron chi connectivity index (χ1n) is 5.96. The van der Waals surface area contributed by atoms with Gasteiger partial charge in [-0.1, -0.05) is 13.8 Å². The van der Waals surface area contributed by atoms with Crippen molar-refractivity contribution in [2.45, 2.75) is 33.6 Å². The average molecular weight is 270 g/mol. The summed E-state index contributed by atoms with van der Waals surface area (Å²) >= 11 is 0. The predicted molar refractivity (Wildman–Crippen MR) is 66.3 cm³/mol. The van der Waals surface area contributed by atoms with Gasteiger partial charge in [-0.15, -0.1) is 0 Å². The zero-order chi connectivity index (χ0) is 14.8. The molecule has 19 heavy (non-hydrogen) atoms. The fraction of sp³-hybridized carbons (Fsp3) is 0.538. The van der Waals surface area contributed by atoms with Crippen LogP contribution < -0.4 is 0 Å². The highest BCUT2D eigenvalue weighted by Crippen LogP contribution is 1.99. The number of ketones is 2. The van der Waals surface area contributed by atoms with E-state index < -0.39 is 11.9 Å². The van der Waals surface area contributed by atoms with Crippen molar-refractivity contribution in [2.24, 2.45) is 0 Å².